The first-order chi connectivity index (χ1) is 12.7. The van der Waals surface area contributed by atoms with E-state index in [-0.39, 0.29) is 23.7 Å². The fourth-order valence-corrected chi connectivity index (χ4v) is 2.12. The third-order valence-electron chi connectivity index (χ3n) is 3.37. The van der Waals surface area contributed by atoms with Crippen LogP contribution in [0.5, 0.6) is 11.5 Å². The second-order valence-corrected chi connectivity index (χ2v) is 5.25. The highest BCUT2D eigenvalue weighted by Crippen LogP contribution is 2.30. The van der Waals surface area contributed by atoms with Crippen molar-refractivity contribution >= 4 is 11.7 Å². The van der Waals surface area contributed by atoms with Crippen molar-refractivity contribution in [1.82, 2.24) is 5.32 Å². The highest BCUT2D eigenvalue weighted by atomic mass is 19.4. The van der Waals surface area contributed by atoms with Crippen LogP contribution in [0.25, 0.3) is 0 Å². The molecule has 0 bridgehead atoms. The number of alkyl halides is 5. The molecule has 27 heavy (non-hydrogen) atoms. The van der Waals surface area contributed by atoms with Crippen LogP contribution in [0.1, 0.15) is 11.1 Å². The number of carbonyl (C=O) groups is 1. The first kappa shape index (κ1) is 20.3. The summed E-state index contributed by atoms with van der Waals surface area (Å²) in [6.07, 6.45) is -4.46. The van der Waals surface area contributed by atoms with Crippen molar-refractivity contribution in [2.75, 3.05) is 12.4 Å². The average molecular weight is 390 g/mol. The lowest BCUT2D eigenvalue weighted by Gasteiger charge is -2.12. The van der Waals surface area contributed by atoms with E-state index in [0.717, 1.165) is 24.3 Å². The second kappa shape index (κ2) is 8.56. The molecule has 5 nitrogen and oxygen atoms in total. The molecule has 0 saturated heterocycles. The molecule has 146 valence electrons. The van der Waals surface area contributed by atoms with E-state index in [1.54, 1.807) is 0 Å². The highest BCUT2D eigenvalue weighted by Gasteiger charge is 2.29. The van der Waals surface area contributed by atoms with Crippen LogP contribution in [-0.2, 0) is 12.7 Å². The number of ether oxygens (including phenoxy) is 2. The van der Waals surface area contributed by atoms with Crippen LogP contribution in [0.3, 0.4) is 0 Å². The molecule has 2 amide bonds. The number of nitrogens with one attached hydrogen (secondary N) is 2. The number of amides is 2. The number of hydrogen-bond acceptors (Lipinski definition) is 3. The average Bonchev–Trinajstić information content (AvgIpc) is 2.60. The lowest BCUT2D eigenvalue weighted by Crippen LogP contribution is -2.28. The number of rotatable bonds is 6. The topological polar surface area (TPSA) is 59.6 Å². The summed E-state index contributed by atoms with van der Waals surface area (Å²) in [6, 6.07) is 7.44. The van der Waals surface area contributed by atoms with Crippen molar-refractivity contribution in [3.05, 3.63) is 53.6 Å². The number of methoxy groups -OCH3 is 1. The molecule has 2 aromatic carbocycles. The van der Waals surface area contributed by atoms with Gasteiger partial charge in [-0.2, -0.15) is 22.0 Å². The van der Waals surface area contributed by atoms with Crippen molar-refractivity contribution in [2.45, 2.75) is 19.3 Å². The van der Waals surface area contributed by atoms with E-state index >= 15 is 0 Å². The van der Waals surface area contributed by atoms with Crippen LogP contribution >= 0.6 is 0 Å². The summed E-state index contributed by atoms with van der Waals surface area (Å²) >= 11 is 0. The van der Waals surface area contributed by atoms with E-state index in [2.05, 4.69) is 15.4 Å². The van der Waals surface area contributed by atoms with E-state index in [9.17, 15) is 26.7 Å². The zero-order valence-electron chi connectivity index (χ0n) is 13.9. The van der Waals surface area contributed by atoms with Crippen molar-refractivity contribution in [3.8, 4) is 11.5 Å². The molecule has 0 radical (unpaired) electrons. The maximum Gasteiger partial charge on any atom is 0.416 e. The summed E-state index contributed by atoms with van der Waals surface area (Å²) < 4.78 is 71.3. The predicted molar refractivity (Wildman–Crippen MR) is 86.9 cm³/mol. The molecule has 0 saturated carbocycles. The molecular weight excluding hydrogens is 375 g/mol. The zero-order valence-corrected chi connectivity index (χ0v) is 13.9. The van der Waals surface area contributed by atoms with Gasteiger partial charge in [0.05, 0.1) is 12.7 Å². The number of hydrogen-bond donors (Lipinski definition) is 2. The molecule has 0 spiro atoms. The Morgan fingerprint density at radius 3 is 2.30 bits per heavy atom. The van der Waals surface area contributed by atoms with Gasteiger partial charge in [-0.15, -0.1) is 0 Å². The molecule has 10 heteroatoms. The smallest absolute Gasteiger partial charge is 0.416 e. The van der Waals surface area contributed by atoms with E-state index in [1.807, 2.05) is 0 Å². The Kier molecular flexibility index (Phi) is 6.43. The number of carbonyl (C=O) groups excluding carboxylic acids is 1. The second-order valence-electron chi connectivity index (χ2n) is 5.25. The Morgan fingerprint density at radius 2 is 1.74 bits per heavy atom. The molecule has 0 heterocycles. The van der Waals surface area contributed by atoms with Gasteiger partial charge < -0.3 is 20.1 Å². The predicted octanol–water partition coefficient (Wildman–Crippen LogP) is 4.64. The SMILES string of the molecule is COc1cc(CNC(=O)Nc2ccc(C(F)(F)F)cc2)ccc1OC(F)F. The minimum absolute atomic E-state index is 0.0256. The van der Waals surface area contributed by atoms with Crippen molar-refractivity contribution < 1.29 is 36.2 Å². The Morgan fingerprint density at radius 1 is 1.07 bits per heavy atom. The van der Waals surface area contributed by atoms with Gasteiger partial charge in [0.25, 0.3) is 0 Å². The van der Waals surface area contributed by atoms with E-state index in [0.29, 0.717) is 5.56 Å². The van der Waals surface area contributed by atoms with Crippen molar-refractivity contribution in [1.29, 1.82) is 0 Å². The van der Waals surface area contributed by atoms with Gasteiger partial charge >= 0.3 is 18.8 Å². The fraction of sp³-hybridized carbons (Fsp3) is 0.235. The van der Waals surface area contributed by atoms with Gasteiger partial charge in [0, 0.05) is 12.2 Å². The summed E-state index contributed by atoms with van der Waals surface area (Å²) in [5.74, 6) is -0.0804. The van der Waals surface area contributed by atoms with E-state index in [1.165, 1.54) is 25.3 Å². The van der Waals surface area contributed by atoms with Crippen LogP contribution in [-0.4, -0.2) is 19.8 Å². The molecule has 0 aromatic heterocycles. The van der Waals surface area contributed by atoms with E-state index in [4.69, 9.17) is 4.74 Å². The summed E-state index contributed by atoms with van der Waals surface area (Å²) in [5, 5.41) is 4.87. The van der Waals surface area contributed by atoms with Gasteiger partial charge in [0.1, 0.15) is 0 Å². The van der Waals surface area contributed by atoms with Gasteiger partial charge in [0.2, 0.25) is 0 Å². The van der Waals surface area contributed by atoms with Crippen LogP contribution < -0.4 is 20.1 Å². The summed E-state index contributed by atoms with van der Waals surface area (Å²) in [7, 11) is 1.28. The van der Waals surface area contributed by atoms with Crippen molar-refractivity contribution in [3.63, 3.8) is 0 Å². The molecule has 0 atom stereocenters. The summed E-state index contributed by atoms with van der Waals surface area (Å²) in [6.45, 7) is -2.98. The Labute approximate surface area is 151 Å². The number of anilines is 1. The van der Waals surface area contributed by atoms with Crippen LogP contribution in [0.2, 0.25) is 0 Å². The molecule has 0 aliphatic rings. The lowest BCUT2D eigenvalue weighted by molar-refractivity contribution is -0.137. The van der Waals surface area contributed by atoms with Crippen molar-refractivity contribution in [2.24, 2.45) is 0 Å². The number of urea groups is 1. The molecule has 2 rings (SSSR count). The Bertz CT molecular complexity index is 779. The quantitative estimate of drug-likeness (QED) is 0.707. The molecule has 2 N–H and O–H groups in total. The Hall–Kier alpha value is -3.04. The standard InChI is InChI=1S/C17H15F5N2O3/c1-26-14-8-10(2-7-13(14)27-15(18)19)9-23-16(25)24-12-5-3-11(4-6-12)17(20,21)22/h2-8,15H,9H2,1H3,(H2,23,24,25). The van der Waals surface area contributed by atoms with Gasteiger partial charge in [-0.1, -0.05) is 6.07 Å². The highest BCUT2D eigenvalue weighted by molar-refractivity contribution is 5.89. The fourth-order valence-electron chi connectivity index (χ4n) is 2.12. The monoisotopic (exact) mass is 390 g/mol. The number of halogens is 5. The molecular formula is C17H15F5N2O3. The minimum Gasteiger partial charge on any atom is -0.493 e. The van der Waals surface area contributed by atoms with Crippen LogP contribution in [0.4, 0.5) is 32.4 Å². The van der Waals surface area contributed by atoms with Crippen LogP contribution in [0, 0.1) is 0 Å². The normalized spacial score (nSPS) is 11.2. The van der Waals surface area contributed by atoms with Gasteiger partial charge in [-0.3, -0.25) is 0 Å². The first-order valence-electron chi connectivity index (χ1n) is 7.53. The maximum absolute atomic E-state index is 12.5. The molecule has 0 fully saturated rings. The molecule has 0 aliphatic carbocycles. The maximum atomic E-state index is 12.5. The Balaban J connectivity index is 1.93. The largest absolute Gasteiger partial charge is 0.493 e. The number of benzene rings is 2. The lowest BCUT2D eigenvalue weighted by atomic mass is 10.2. The third kappa shape index (κ3) is 6.01. The zero-order chi connectivity index (χ0) is 20.0. The molecule has 0 unspecified atom stereocenters. The van der Waals surface area contributed by atoms with Gasteiger partial charge in [0.15, 0.2) is 11.5 Å². The third-order valence-corrected chi connectivity index (χ3v) is 3.37. The molecule has 2 aromatic rings. The van der Waals surface area contributed by atoms with E-state index < -0.39 is 24.4 Å². The van der Waals surface area contributed by atoms with Gasteiger partial charge in [-0.25, -0.2) is 4.79 Å². The minimum atomic E-state index is -4.46. The van der Waals surface area contributed by atoms with Crippen LogP contribution in [0.15, 0.2) is 42.5 Å². The molecule has 0 aliphatic heterocycles. The first-order valence-corrected chi connectivity index (χ1v) is 7.53. The van der Waals surface area contributed by atoms with Gasteiger partial charge in [-0.05, 0) is 42.0 Å². The summed E-state index contributed by atoms with van der Waals surface area (Å²) in [5.41, 5.74) is -0.110. The summed E-state index contributed by atoms with van der Waals surface area (Å²) in [4.78, 5) is 11.8.